The fraction of sp³-hybridized carbons (Fsp3) is 0.615. The molecule has 2 atom stereocenters. The molecule has 0 amide bonds. The van der Waals surface area contributed by atoms with Gasteiger partial charge in [-0.25, -0.2) is 18.1 Å². The molecular formula is C13H20N4O2S2. The molecule has 0 radical (unpaired) electrons. The summed E-state index contributed by atoms with van der Waals surface area (Å²) in [6, 6.07) is 0.0219. The highest BCUT2D eigenvalue weighted by Gasteiger charge is 2.32. The van der Waals surface area contributed by atoms with Crippen LogP contribution in [0.2, 0.25) is 0 Å². The third-order valence-electron chi connectivity index (χ3n) is 3.99. The second-order valence-corrected chi connectivity index (χ2v) is 7.99. The Kier molecular flexibility index (Phi) is 3.94. The molecule has 0 aromatic carbocycles. The Morgan fingerprint density at radius 1 is 1.48 bits per heavy atom. The van der Waals surface area contributed by atoms with Gasteiger partial charge in [-0.3, -0.25) is 4.40 Å². The van der Waals surface area contributed by atoms with Gasteiger partial charge in [0.2, 0.25) is 0 Å². The van der Waals surface area contributed by atoms with Gasteiger partial charge in [0, 0.05) is 24.2 Å². The largest absolute Gasteiger partial charge is 0.368 e. The summed E-state index contributed by atoms with van der Waals surface area (Å²) < 4.78 is 30.1. The van der Waals surface area contributed by atoms with Crippen LogP contribution in [0.4, 0.5) is 5.82 Å². The van der Waals surface area contributed by atoms with Gasteiger partial charge < -0.3 is 5.32 Å². The van der Waals surface area contributed by atoms with Crippen LogP contribution in [-0.2, 0) is 10.0 Å². The van der Waals surface area contributed by atoms with Crippen LogP contribution in [0.1, 0.15) is 33.1 Å². The highest BCUT2D eigenvalue weighted by Crippen LogP contribution is 2.29. The van der Waals surface area contributed by atoms with Gasteiger partial charge in [0.25, 0.3) is 10.0 Å². The first-order valence-electron chi connectivity index (χ1n) is 7.24. The number of nitrogens with zero attached hydrogens (tertiary/aromatic N) is 2. The average molecular weight is 328 g/mol. The second-order valence-electron chi connectivity index (χ2n) is 5.49. The zero-order valence-corrected chi connectivity index (χ0v) is 13.8. The van der Waals surface area contributed by atoms with Gasteiger partial charge in [-0.1, -0.05) is 13.3 Å². The molecule has 2 aromatic rings. The summed E-state index contributed by atoms with van der Waals surface area (Å²) >= 11 is 1.43. The Morgan fingerprint density at radius 2 is 2.29 bits per heavy atom. The molecule has 1 aliphatic carbocycles. The topological polar surface area (TPSA) is 75.5 Å². The molecule has 2 unspecified atom stereocenters. The summed E-state index contributed by atoms with van der Waals surface area (Å²) in [4.78, 5) is 5.06. The standard InChI is InChI=1S/C13H20N4O2S2/c1-3-14-11-12(17-7-8-20-13(17)15-11)21(18,19)16-10-6-4-5-9(10)2/h7-10,14,16H,3-6H2,1-2H3. The van der Waals surface area contributed by atoms with Gasteiger partial charge in [-0.05, 0) is 25.7 Å². The lowest BCUT2D eigenvalue weighted by atomic mass is 10.1. The van der Waals surface area contributed by atoms with E-state index in [0.29, 0.717) is 23.2 Å². The monoisotopic (exact) mass is 328 g/mol. The summed E-state index contributed by atoms with van der Waals surface area (Å²) in [6.45, 7) is 4.66. The number of aromatic nitrogens is 2. The number of thiazole rings is 1. The van der Waals surface area contributed by atoms with E-state index in [9.17, 15) is 8.42 Å². The van der Waals surface area contributed by atoms with E-state index < -0.39 is 10.0 Å². The number of sulfonamides is 1. The number of anilines is 1. The first-order valence-corrected chi connectivity index (χ1v) is 9.61. The van der Waals surface area contributed by atoms with Crippen molar-refractivity contribution in [3.8, 4) is 0 Å². The Bertz CT molecular complexity index is 735. The number of imidazole rings is 1. The molecule has 6 nitrogen and oxygen atoms in total. The second kappa shape index (κ2) is 5.58. The fourth-order valence-electron chi connectivity index (χ4n) is 2.88. The van der Waals surface area contributed by atoms with E-state index in [0.717, 1.165) is 19.3 Å². The van der Waals surface area contributed by atoms with E-state index >= 15 is 0 Å². The van der Waals surface area contributed by atoms with Crippen molar-refractivity contribution in [2.45, 2.75) is 44.2 Å². The summed E-state index contributed by atoms with van der Waals surface area (Å²) in [5, 5.41) is 5.11. The van der Waals surface area contributed by atoms with Crippen molar-refractivity contribution in [1.82, 2.24) is 14.1 Å². The molecule has 2 aromatic heterocycles. The highest BCUT2D eigenvalue weighted by molar-refractivity contribution is 7.89. The highest BCUT2D eigenvalue weighted by atomic mass is 32.2. The van der Waals surface area contributed by atoms with E-state index in [2.05, 4.69) is 21.9 Å². The van der Waals surface area contributed by atoms with E-state index in [1.54, 1.807) is 10.6 Å². The number of hydrogen-bond donors (Lipinski definition) is 2. The van der Waals surface area contributed by atoms with E-state index in [1.165, 1.54) is 11.3 Å². The molecule has 1 saturated carbocycles. The summed E-state index contributed by atoms with van der Waals surface area (Å²) in [5.74, 6) is 0.816. The minimum Gasteiger partial charge on any atom is -0.368 e. The number of fused-ring (bicyclic) bond motifs is 1. The number of hydrogen-bond acceptors (Lipinski definition) is 5. The van der Waals surface area contributed by atoms with Crippen molar-refractivity contribution < 1.29 is 8.42 Å². The molecule has 0 spiro atoms. The summed E-state index contributed by atoms with van der Waals surface area (Å²) in [5.41, 5.74) is 0. The van der Waals surface area contributed by atoms with Gasteiger partial charge in [-0.2, -0.15) is 0 Å². The van der Waals surface area contributed by atoms with Gasteiger partial charge in [-0.15, -0.1) is 11.3 Å². The summed E-state index contributed by atoms with van der Waals surface area (Å²) in [7, 11) is -3.59. The van der Waals surface area contributed by atoms with Crippen molar-refractivity contribution in [1.29, 1.82) is 0 Å². The van der Waals surface area contributed by atoms with Crippen LogP contribution in [0, 0.1) is 5.92 Å². The maximum absolute atomic E-state index is 12.8. The van der Waals surface area contributed by atoms with Crippen molar-refractivity contribution in [3.63, 3.8) is 0 Å². The molecule has 1 aliphatic rings. The van der Waals surface area contributed by atoms with Crippen LogP contribution in [0.15, 0.2) is 16.6 Å². The minimum atomic E-state index is -3.59. The Balaban J connectivity index is 2.00. The lowest BCUT2D eigenvalue weighted by Crippen LogP contribution is -2.37. The maximum atomic E-state index is 12.8. The van der Waals surface area contributed by atoms with Crippen molar-refractivity contribution in [2.75, 3.05) is 11.9 Å². The van der Waals surface area contributed by atoms with Crippen LogP contribution in [0.5, 0.6) is 0 Å². The molecule has 2 heterocycles. The van der Waals surface area contributed by atoms with Crippen molar-refractivity contribution in [2.24, 2.45) is 5.92 Å². The Hall–Kier alpha value is -1.12. The number of rotatable bonds is 5. The predicted octanol–water partition coefficient (Wildman–Crippen LogP) is 2.29. The minimum absolute atomic E-state index is 0.0219. The number of nitrogens with one attached hydrogen (secondary N) is 2. The van der Waals surface area contributed by atoms with Crippen LogP contribution >= 0.6 is 11.3 Å². The normalized spacial score (nSPS) is 23.0. The van der Waals surface area contributed by atoms with Gasteiger partial charge >= 0.3 is 0 Å². The molecule has 1 fully saturated rings. The molecule has 0 aliphatic heterocycles. The van der Waals surface area contributed by atoms with Crippen LogP contribution in [0.25, 0.3) is 4.96 Å². The average Bonchev–Trinajstić information content (AvgIpc) is 3.06. The van der Waals surface area contributed by atoms with Crippen molar-refractivity contribution in [3.05, 3.63) is 11.6 Å². The molecule has 8 heteroatoms. The summed E-state index contributed by atoms with van der Waals surface area (Å²) in [6.07, 6.45) is 4.81. The molecule has 2 N–H and O–H groups in total. The SMILES string of the molecule is CCNc1nc2sccn2c1S(=O)(=O)NC1CCCC1C. The Labute approximate surface area is 128 Å². The smallest absolute Gasteiger partial charge is 0.260 e. The third-order valence-corrected chi connectivity index (χ3v) is 6.25. The molecular weight excluding hydrogens is 308 g/mol. The van der Waals surface area contributed by atoms with Crippen LogP contribution in [-0.4, -0.2) is 30.4 Å². The predicted molar refractivity (Wildman–Crippen MR) is 84.4 cm³/mol. The third kappa shape index (κ3) is 2.67. The van der Waals surface area contributed by atoms with E-state index in [-0.39, 0.29) is 11.1 Å². The Morgan fingerprint density at radius 3 is 2.95 bits per heavy atom. The molecule has 0 saturated heterocycles. The van der Waals surface area contributed by atoms with Crippen molar-refractivity contribution >= 4 is 32.1 Å². The van der Waals surface area contributed by atoms with Gasteiger partial charge in [0.05, 0.1) is 0 Å². The van der Waals surface area contributed by atoms with E-state index in [1.807, 2.05) is 12.3 Å². The van der Waals surface area contributed by atoms with Crippen LogP contribution in [0.3, 0.4) is 0 Å². The lowest BCUT2D eigenvalue weighted by molar-refractivity contribution is 0.475. The quantitative estimate of drug-likeness (QED) is 0.883. The first kappa shape index (κ1) is 14.8. The molecule has 3 rings (SSSR count). The first-order chi connectivity index (χ1) is 10.0. The molecule has 0 bridgehead atoms. The maximum Gasteiger partial charge on any atom is 0.260 e. The van der Waals surface area contributed by atoms with Crippen LogP contribution < -0.4 is 10.0 Å². The zero-order valence-electron chi connectivity index (χ0n) is 12.2. The molecule has 21 heavy (non-hydrogen) atoms. The lowest BCUT2D eigenvalue weighted by Gasteiger charge is -2.17. The fourth-order valence-corrected chi connectivity index (χ4v) is 5.29. The molecule has 116 valence electrons. The van der Waals surface area contributed by atoms with Gasteiger partial charge in [0.1, 0.15) is 0 Å². The zero-order chi connectivity index (χ0) is 15.0. The van der Waals surface area contributed by atoms with E-state index in [4.69, 9.17) is 0 Å². The van der Waals surface area contributed by atoms with Gasteiger partial charge in [0.15, 0.2) is 15.8 Å².